The van der Waals surface area contributed by atoms with Crippen molar-refractivity contribution in [2.45, 2.75) is 82.5 Å². The van der Waals surface area contributed by atoms with E-state index in [0.717, 1.165) is 12.2 Å². The zero-order valence-electron chi connectivity index (χ0n) is 12.2. The van der Waals surface area contributed by atoms with Gasteiger partial charge in [-0.2, -0.15) is 0 Å². The van der Waals surface area contributed by atoms with Crippen molar-refractivity contribution in [3.05, 3.63) is 0 Å². The summed E-state index contributed by atoms with van der Waals surface area (Å²) in [7, 11) is 0. The van der Waals surface area contributed by atoms with E-state index in [1.54, 1.807) is 11.8 Å². The van der Waals surface area contributed by atoms with Gasteiger partial charge in [0.1, 0.15) is 6.04 Å². The summed E-state index contributed by atoms with van der Waals surface area (Å²) in [5.41, 5.74) is 0. The van der Waals surface area contributed by atoms with Crippen molar-refractivity contribution in [2.75, 3.05) is 5.75 Å². The minimum Gasteiger partial charge on any atom is -0.480 e. The SMILES string of the molecule is CCCCCCCCCCC[C@@H]1N[C@H](C(=O)O)CS1. The second kappa shape index (κ2) is 10.6. The lowest BCUT2D eigenvalue weighted by atomic mass is 10.1. The largest absolute Gasteiger partial charge is 0.480 e. The van der Waals surface area contributed by atoms with Crippen LogP contribution in [0, 0.1) is 0 Å². The molecule has 0 unspecified atom stereocenters. The summed E-state index contributed by atoms with van der Waals surface area (Å²) in [6.07, 6.45) is 13.2. The molecule has 1 fully saturated rings. The fourth-order valence-corrected chi connectivity index (χ4v) is 3.74. The van der Waals surface area contributed by atoms with Gasteiger partial charge in [-0.25, -0.2) is 0 Å². The van der Waals surface area contributed by atoms with Crippen LogP contribution in [0.15, 0.2) is 0 Å². The number of aliphatic carboxylic acids is 1. The Morgan fingerprint density at radius 1 is 1.11 bits per heavy atom. The normalized spacial score (nSPS) is 22.8. The van der Waals surface area contributed by atoms with Crippen LogP contribution in [-0.2, 0) is 4.79 Å². The van der Waals surface area contributed by atoms with Crippen LogP contribution in [0.3, 0.4) is 0 Å². The maximum Gasteiger partial charge on any atom is 0.321 e. The molecular formula is C15H29NO2S. The summed E-state index contributed by atoms with van der Waals surface area (Å²) in [6.45, 7) is 2.25. The number of nitrogens with one attached hydrogen (secondary N) is 1. The molecule has 1 aliphatic rings. The monoisotopic (exact) mass is 287 g/mol. The first-order valence-electron chi connectivity index (χ1n) is 7.84. The van der Waals surface area contributed by atoms with Crippen LogP contribution < -0.4 is 5.32 Å². The fourth-order valence-electron chi connectivity index (χ4n) is 2.48. The Kier molecular flexibility index (Phi) is 9.35. The highest BCUT2D eigenvalue weighted by atomic mass is 32.2. The minimum absolute atomic E-state index is 0.325. The number of carbonyl (C=O) groups is 1. The molecule has 0 amide bonds. The lowest BCUT2D eigenvalue weighted by Crippen LogP contribution is -2.36. The summed E-state index contributed by atoms with van der Waals surface area (Å²) in [4.78, 5) is 10.8. The average molecular weight is 287 g/mol. The van der Waals surface area contributed by atoms with E-state index in [0.29, 0.717) is 5.37 Å². The summed E-state index contributed by atoms with van der Waals surface area (Å²) in [5, 5.41) is 12.4. The summed E-state index contributed by atoms with van der Waals surface area (Å²) >= 11 is 1.76. The zero-order chi connectivity index (χ0) is 13.9. The predicted octanol–water partition coefficient (Wildman–Crippen LogP) is 4.02. The standard InChI is InChI=1S/C15H29NO2S/c1-2-3-4-5-6-7-8-9-10-11-14-16-13(12-19-14)15(17)18/h13-14,16H,2-12H2,1H3,(H,17,18)/t13-,14+/m0/s1. The molecule has 0 saturated carbocycles. The second-order valence-corrected chi connectivity index (χ2v) is 6.73. The van der Waals surface area contributed by atoms with Gasteiger partial charge in [0.15, 0.2) is 0 Å². The molecule has 1 saturated heterocycles. The molecule has 0 spiro atoms. The van der Waals surface area contributed by atoms with Crippen LogP contribution >= 0.6 is 11.8 Å². The molecule has 0 aromatic rings. The minimum atomic E-state index is -0.706. The van der Waals surface area contributed by atoms with Crippen molar-refractivity contribution in [1.82, 2.24) is 5.32 Å². The molecule has 1 rings (SSSR count). The van der Waals surface area contributed by atoms with Gasteiger partial charge in [0.2, 0.25) is 0 Å². The lowest BCUT2D eigenvalue weighted by molar-refractivity contribution is -0.138. The van der Waals surface area contributed by atoms with Gasteiger partial charge in [-0.1, -0.05) is 64.7 Å². The molecule has 19 heavy (non-hydrogen) atoms. The molecule has 4 heteroatoms. The van der Waals surface area contributed by atoms with E-state index in [-0.39, 0.29) is 6.04 Å². The van der Waals surface area contributed by atoms with E-state index in [2.05, 4.69) is 12.2 Å². The summed E-state index contributed by atoms with van der Waals surface area (Å²) in [5.74, 6) is 0.0133. The Balaban J connectivity index is 1.85. The van der Waals surface area contributed by atoms with E-state index in [1.165, 1.54) is 57.8 Å². The third-order valence-electron chi connectivity index (χ3n) is 3.72. The molecule has 0 aromatic heterocycles. The number of rotatable bonds is 11. The summed E-state index contributed by atoms with van der Waals surface area (Å²) < 4.78 is 0. The van der Waals surface area contributed by atoms with Crippen molar-refractivity contribution in [2.24, 2.45) is 0 Å². The molecule has 112 valence electrons. The Labute approximate surface area is 121 Å². The van der Waals surface area contributed by atoms with Gasteiger partial charge in [0.05, 0.1) is 5.37 Å². The van der Waals surface area contributed by atoms with Crippen LogP contribution in [0.2, 0.25) is 0 Å². The molecule has 0 aromatic carbocycles. The van der Waals surface area contributed by atoms with Gasteiger partial charge in [-0.05, 0) is 6.42 Å². The summed E-state index contributed by atoms with van der Waals surface area (Å²) in [6, 6.07) is -0.325. The van der Waals surface area contributed by atoms with Crippen LogP contribution in [0.25, 0.3) is 0 Å². The zero-order valence-corrected chi connectivity index (χ0v) is 13.0. The van der Waals surface area contributed by atoms with Crippen molar-refractivity contribution in [3.8, 4) is 0 Å². The van der Waals surface area contributed by atoms with Crippen LogP contribution in [0.4, 0.5) is 0 Å². The maximum atomic E-state index is 10.8. The molecular weight excluding hydrogens is 258 g/mol. The van der Waals surface area contributed by atoms with Crippen molar-refractivity contribution >= 4 is 17.7 Å². The van der Waals surface area contributed by atoms with E-state index in [4.69, 9.17) is 5.11 Å². The Bertz CT molecular complexity index is 248. The fraction of sp³-hybridized carbons (Fsp3) is 0.933. The van der Waals surface area contributed by atoms with E-state index < -0.39 is 5.97 Å². The van der Waals surface area contributed by atoms with Crippen LogP contribution in [-0.4, -0.2) is 28.2 Å². The second-order valence-electron chi connectivity index (χ2n) is 5.50. The smallest absolute Gasteiger partial charge is 0.321 e. The molecule has 3 nitrogen and oxygen atoms in total. The number of hydrogen-bond donors (Lipinski definition) is 2. The van der Waals surface area contributed by atoms with E-state index in [9.17, 15) is 4.79 Å². The highest BCUT2D eigenvalue weighted by molar-refractivity contribution is 8.00. The first kappa shape index (κ1) is 16.8. The van der Waals surface area contributed by atoms with Crippen molar-refractivity contribution in [3.63, 3.8) is 0 Å². The topological polar surface area (TPSA) is 49.3 Å². The average Bonchev–Trinajstić information content (AvgIpc) is 2.86. The Morgan fingerprint density at radius 3 is 2.21 bits per heavy atom. The maximum absolute atomic E-state index is 10.8. The number of carboxylic acids is 1. The number of hydrogen-bond acceptors (Lipinski definition) is 3. The first-order valence-corrected chi connectivity index (χ1v) is 8.89. The van der Waals surface area contributed by atoms with Gasteiger partial charge in [-0.3, -0.25) is 10.1 Å². The highest BCUT2D eigenvalue weighted by Gasteiger charge is 2.28. The van der Waals surface area contributed by atoms with Crippen LogP contribution in [0.1, 0.15) is 71.1 Å². The molecule has 1 heterocycles. The molecule has 0 bridgehead atoms. The van der Waals surface area contributed by atoms with Crippen molar-refractivity contribution in [1.29, 1.82) is 0 Å². The molecule has 2 N–H and O–H groups in total. The number of thioether (sulfide) groups is 1. The number of carboxylic acid groups (broad SMARTS) is 1. The molecule has 1 aliphatic heterocycles. The third-order valence-corrected chi connectivity index (χ3v) is 5.02. The van der Waals surface area contributed by atoms with Gasteiger partial charge in [0.25, 0.3) is 0 Å². The van der Waals surface area contributed by atoms with Crippen LogP contribution in [0.5, 0.6) is 0 Å². The lowest BCUT2D eigenvalue weighted by Gasteiger charge is -2.10. The quantitative estimate of drug-likeness (QED) is 0.563. The third kappa shape index (κ3) is 7.83. The van der Waals surface area contributed by atoms with Gasteiger partial charge < -0.3 is 5.11 Å². The first-order chi connectivity index (χ1) is 9.24. The van der Waals surface area contributed by atoms with Gasteiger partial charge in [-0.15, -0.1) is 11.8 Å². The Morgan fingerprint density at radius 2 is 1.68 bits per heavy atom. The molecule has 0 radical (unpaired) electrons. The number of unbranched alkanes of at least 4 members (excludes halogenated alkanes) is 8. The molecule has 0 aliphatic carbocycles. The highest BCUT2D eigenvalue weighted by Crippen LogP contribution is 2.23. The molecule has 2 atom stereocenters. The van der Waals surface area contributed by atoms with E-state index in [1.807, 2.05) is 0 Å². The van der Waals surface area contributed by atoms with Gasteiger partial charge >= 0.3 is 5.97 Å². The predicted molar refractivity (Wildman–Crippen MR) is 82.6 cm³/mol. The van der Waals surface area contributed by atoms with Gasteiger partial charge in [0, 0.05) is 5.75 Å². The van der Waals surface area contributed by atoms with E-state index >= 15 is 0 Å². The Hall–Kier alpha value is -0.220. The van der Waals surface area contributed by atoms with Crippen molar-refractivity contribution < 1.29 is 9.90 Å².